The van der Waals surface area contributed by atoms with E-state index >= 15 is 0 Å². The molecular formula is C14H16FN3O3. The molecule has 1 aromatic rings. The number of carbonyl (C=O) groups excluding carboxylic acids is 3. The van der Waals surface area contributed by atoms with E-state index in [4.69, 9.17) is 5.73 Å². The summed E-state index contributed by atoms with van der Waals surface area (Å²) < 4.78 is 13.5. The van der Waals surface area contributed by atoms with E-state index in [2.05, 4.69) is 5.32 Å². The minimum absolute atomic E-state index is 0.0832. The Morgan fingerprint density at radius 2 is 1.86 bits per heavy atom. The molecule has 0 bridgehead atoms. The van der Waals surface area contributed by atoms with E-state index in [9.17, 15) is 18.8 Å². The number of likely N-dealkylation sites (tertiary alicyclic amines) is 1. The van der Waals surface area contributed by atoms with Crippen LogP contribution in [-0.2, 0) is 14.4 Å². The molecule has 21 heavy (non-hydrogen) atoms. The highest BCUT2D eigenvalue weighted by Crippen LogP contribution is 2.25. The first-order valence-electron chi connectivity index (χ1n) is 6.51. The molecule has 112 valence electrons. The summed E-state index contributed by atoms with van der Waals surface area (Å²) in [6.45, 7) is 2.85. The lowest BCUT2D eigenvalue weighted by molar-refractivity contribution is -0.142. The zero-order valence-electron chi connectivity index (χ0n) is 11.7. The van der Waals surface area contributed by atoms with Gasteiger partial charge in [0.15, 0.2) is 0 Å². The summed E-state index contributed by atoms with van der Waals surface area (Å²) in [7, 11) is 0. The average Bonchev–Trinajstić information content (AvgIpc) is 2.61. The Morgan fingerprint density at radius 1 is 1.29 bits per heavy atom. The molecule has 1 heterocycles. The summed E-state index contributed by atoms with van der Waals surface area (Å²) in [4.78, 5) is 36.5. The van der Waals surface area contributed by atoms with Crippen molar-refractivity contribution in [2.24, 2.45) is 11.8 Å². The fraction of sp³-hybridized carbons (Fsp3) is 0.357. The fourth-order valence-corrected chi connectivity index (χ4v) is 2.16. The number of imide groups is 1. The number of hydrogen-bond acceptors (Lipinski definition) is 4. The van der Waals surface area contributed by atoms with Crippen molar-refractivity contribution in [1.29, 1.82) is 0 Å². The highest BCUT2D eigenvalue weighted by atomic mass is 19.1. The Labute approximate surface area is 121 Å². The molecule has 1 fully saturated rings. The Bertz CT molecular complexity index is 597. The smallest absolute Gasteiger partial charge is 0.244 e. The molecule has 0 spiro atoms. The second kappa shape index (κ2) is 5.51. The minimum Gasteiger partial charge on any atom is -0.399 e. The van der Waals surface area contributed by atoms with Gasteiger partial charge in [-0.1, -0.05) is 13.8 Å². The van der Waals surface area contributed by atoms with Crippen LogP contribution in [0.1, 0.15) is 13.8 Å². The number of halogens is 1. The van der Waals surface area contributed by atoms with Crippen molar-refractivity contribution < 1.29 is 18.8 Å². The fourth-order valence-electron chi connectivity index (χ4n) is 2.16. The minimum atomic E-state index is -0.650. The number of rotatable bonds is 3. The van der Waals surface area contributed by atoms with E-state index in [1.54, 1.807) is 13.8 Å². The van der Waals surface area contributed by atoms with E-state index in [1.807, 2.05) is 0 Å². The molecule has 2 unspecified atom stereocenters. The number of carbonyl (C=O) groups is 3. The molecule has 0 aromatic heterocycles. The van der Waals surface area contributed by atoms with Crippen molar-refractivity contribution in [2.45, 2.75) is 13.8 Å². The summed E-state index contributed by atoms with van der Waals surface area (Å²) >= 11 is 0. The molecule has 3 amide bonds. The maximum atomic E-state index is 13.5. The van der Waals surface area contributed by atoms with Gasteiger partial charge in [-0.3, -0.25) is 19.3 Å². The number of nitrogens with two attached hydrogens (primary N) is 1. The lowest BCUT2D eigenvalue weighted by Gasteiger charge is -2.14. The van der Waals surface area contributed by atoms with Crippen LogP contribution >= 0.6 is 0 Å². The van der Waals surface area contributed by atoms with E-state index in [0.29, 0.717) is 5.69 Å². The highest BCUT2D eigenvalue weighted by molar-refractivity contribution is 6.08. The summed E-state index contributed by atoms with van der Waals surface area (Å²) in [5.74, 6) is -2.98. The van der Waals surface area contributed by atoms with Crippen LogP contribution in [0.2, 0.25) is 0 Å². The van der Waals surface area contributed by atoms with E-state index in [-0.39, 0.29) is 5.69 Å². The second-order valence-corrected chi connectivity index (χ2v) is 5.13. The quantitative estimate of drug-likeness (QED) is 0.642. The zero-order valence-corrected chi connectivity index (χ0v) is 11.7. The Morgan fingerprint density at radius 3 is 2.43 bits per heavy atom. The SMILES string of the molecule is CC1C(=O)N(CC(=O)Nc2cc(N)ccc2F)C(=O)C1C. The van der Waals surface area contributed by atoms with Crippen molar-refractivity contribution >= 4 is 29.1 Å². The standard InChI is InChI=1S/C14H16FN3O3/c1-7-8(2)14(21)18(13(7)20)6-12(19)17-11-5-9(16)3-4-10(11)15/h3-5,7-8H,6,16H2,1-2H3,(H,17,19). The summed E-state index contributed by atoms with van der Waals surface area (Å²) in [5, 5.41) is 2.31. The van der Waals surface area contributed by atoms with E-state index in [1.165, 1.54) is 12.1 Å². The molecule has 1 aliphatic rings. The molecule has 2 rings (SSSR count). The van der Waals surface area contributed by atoms with Crippen molar-refractivity contribution in [1.82, 2.24) is 4.90 Å². The third kappa shape index (κ3) is 2.86. The van der Waals surface area contributed by atoms with Crippen LogP contribution in [-0.4, -0.2) is 29.2 Å². The molecule has 0 aliphatic carbocycles. The third-order valence-corrected chi connectivity index (χ3v) is 3.63. The maximum absolute atomic E-state index is 13.5. The summed E-state index contributed by atoms with van der Waals surface area (Å²) in [6.07, 6.45) is 0. The molecule has 3 N–H and O–H groups in total. The van der Waals surface area contributed by atoms with Gasteiger partial charge in [0.1, 0.15) is 12.4 Å². The molecule has 1 aromatic carbocycles. The molecule has 1 saturated heterocycles. The summed E-state index contributed by atoms with van der Waals surface area (Å²) in [5.41, 5.74) is 5.72. The van der Waals surface area contributed by atoms with E-state index < -0.39 is 41.9 Å². The average molecular weight is 293 g/mol. The van der Waals surface area contributed by atoms with E-state index in [0.717, 1.165) is 11.0 Å². The molecule has 7 heteroatoms. The number of amides is 3. The first-order valence-corrected chi connectivity index (χ1v) is 6.51. The normalized spacial score (nSPS) is 21.8. The van der Waals surface area contributed by atoms with Gasteiger partial charge >= 0.3 is 0 Å². The Balaban J connectivity index is 2.07. The van der Waals surface area contributed by atoms with Crippen LogP contribution in [0.25, 0.3) is 0 Å². The molecule has 0 radical (unpaired) electrons. The van der Waals surface area contributed by atoms with Crippen LogP contribution < -0.4 is 11.1 Å². The number of nitrogen functional groups attached to an aromatic ring is 1. The molecule has 2 atom stereocenters. The number of nitrogens with one attached hydrogen (secondary N) is 1. The van der Waals surface area contributed by atoms with Crippen LogP contribution in [0, 0.1) is 17.7 Å². The maximum Gasteiger partial charge on any atom is 0.244 e. The van der Waals surface area contributed by atoms with Gasteiger partial charge in [0.05, 0.1) is 5.69 Å². The van der Waals surface area contributed by atoms with Gasteiger partial charge in [-0.05, 0) is 18.2 Å². The number of benzene rings is 1. The van der Waals surface area contributed by atoms with Crippen molar-refractivity contribution in [3.63, 3.8) is 0 Å². The van der Waals surface area contributed by atoms with Crippen molar-refractivity contribution in [3.05, 3.63) is 24.0 Å². The molecular weight excluding hydrogens is 277 g/mol. The number of nitrogens with zero attached hydrogens (tertiary/aromatic N) is 1. The first-order chi connectivity index (χ1) is 9.81. The largest absolute Gasteiger partial charge is 0.399 e. The Hall–Kier alpha value is -2.44. The first kappa shape index (κ1) is 15.0. The summed E-state index contributed by atoms with van der Waals surface area (Å²) in [6, 6.07) is 3.76. The van der Waals surface area contributed by atoms with Gasteiger partial charge in [0.25, 0.3) is 0 Å². The van der Waals surface area contributed by atoms with Gasteiger partial charge in [0, 0.05) is 17.5 Å². The topological polar surface area (TPSA) is 92.5 Å². The van der Waals surface area contributed by atoms with Crippen LogP contribution in [0.15, 0.2) is 18.2 Å². The van der Waals surface area contributed by atoms with Crippen LogP contribution in [0.4, 0.5) is 15.8 Å². The number of hydrogen-bond donors (Lipinski definition) is 2. The lowest BCUT2D eigenvalue weighted by atomic mass is 10.00. The van der Waals surface area contributed by atoms with Gasteiger partial charge in [-0.2, -0.15) is 0 Å². The monoisotopic (exact) mass is 293 g/mol. The van der Waals surface area contributed by atoms with Gasteiger partial charge in [-0.25, -0.2) is 4.39 Å². The van der Waals surface area contributed by atoms with Crippen LogP contribution in [0.5, 0.6) is 0 Å². The van der Waals surface area contributed by atoms with Gasteiger partial charge < -0.3 is 11.1 Å². The third-order valence-electron chi connectivity index (χ3n) is 3.63. The van der Waals surface area contributed by atoms with Gasteiger partial charge in [0.2, 0.25) is 17.7 Å². The predicted molar refractivity (Wildman–Crippen MR) is 74.5 cm³/mol. The molecule has 0 saturated carbocycles. The van der Waals surface area contributed by atoms with Crippen LogP contribution in [0.3, 0.4) is 0 Å². The zero-order chi connectivity index (χ0) is 15.7. The lowest BCUT2D eigenvalue weighted by Crippen LogP contribution is -2.38. The molecule has 1 aliphatic heterocycles. The van der Waals surface area contributed by atoms with Gasteiger partial charge in [-0.15, -0.1) is 0 Å². The second-order valence-electron chi connectivity index (χ2n) is 5.13. The Kier molecular flexibility index (Phi) is 3.93. The predicted octanol–water partition coefficient (Wildman–Crippen LogP) is 0.987. The van der Waals surface area contributed by atoms with Crippen molar-refractivity contribution in [2.75, 3.05) is 17.6 Å². The molecule has 6 nitrogen and oxygen atoms in total. The highest BCUT2D eigenvalue weighted by Gasteiger charge is 2.42. The number of anilines is 2. The van der Waals surface area contributed by atoms with Crippen molar-refractivity contribution in [3.8, 4) is 0 Å².